The van der Waals surface area contributed by atoms with Crippen LogP contribution in [-0.4, -0.2) is 29.1 Å². The van der Waals surface area contributed by atoms with Gasteiger partial charge in [-0.25, -0.2) is 0 Å². The predicted molar refractivity (Wildman–Crippen MR) is 79.1 cm³/mol. The average molecular weight is 326 g/mol. The highest BCUT2D eigenvalue weighted by molar-refractivity contribution is 7.17. The van der Waals surface area contributed by atoms with E-state index in [0.29, 0.717) is 15.4 Å². The molecule has 4 nitrogen and oxygen atoms in total. The number of halogens is 2. The van der Waals surface area contributed by atoms with E-state index in [9.17, 15) is 13.6 Å². The monoisotopic (exact) mass is 326 g/mol. The first-order chi connectivity index (χ1) is 10.4. The molecule has 1 amide bonds. The highest BCUT2D eigenvalue weighted by Crippen LogP contribution is 2.33. The van der Waals surface area contributed by atoms with E-state index in [1.165, 1.54) is 17.4 Å². The zero-order valence-corrected chi connectivity index (χ0v) is 13.0. The number of hydrogen-bond donors (Lipinski definition) is 0. The van der Waals surface area contributed by atoms with Gasteiger partial charge in [-0.1, -0.05) is 5.16 Å². The van der Waals surface area contributed by atoms with E-state index in [0.717, 1.165) is 39.3 Å². The number of carbonyl (C=O) groups is 1. The van der Waals surface area contributed by atoms with Crippen LogP contribution in [0.1, 0.15) is 41.6 Å². The van der Waals surface area contributed by atoms with Gasteiger partial charge < -0.3 is 9.42 Å². The van der Waals surface area contributed by atoms with Crippen LogP contribution in [0, 0.1) is 0 Å². The Kier molecular flexibility index (Phi) is 3.99. The van der Waals surface area contributed by atoms with Crippen molar-refractivity contribution >= 4 is 17.2 Å². The van der Waals surface area contributed by atoms with Gasteiger partial charge in [0.1, 0.15) is 5.69 Å². The fraction of sp³-hybridized carbons (Fsp3) is 0.467. The number of hydrogen-bond acceptors (Lipinski definition) is 4. The van der Waals surface area contributed by atoms with E-state index < -0.39 is 11.7 Å². The lowest BCUT2D eigenvalue weighted by Gasteiger charge is -2.26. The molecular formula is C15H16F2N2O2S. The molecule has 0 bridgehead atoms. The quantitative estimate of drug-likeness (QED) is 0.851. The fourth-order valence-corrected chi connectivity index (χ4v) is 3.37. The van der Waals surface area contributed by atoms with Crippen molar-refractivity contribution < 1.29 is 18.1 Å². The number of rotatable bonds is 3. The molecule has 0 unspecified atom stereocenters. The molecule has 2 aromatic heterocycles. The van der Waals surface area contributed by atoms with E-state index >= 15 is 0 Å². The zero-order valence-electron chi connectivity index (χ0n) is 12.1. The first-order valence-electron chi connectivity index (χ1n) is 7.19. The molecule has 1 aliphatic rings. The number of alkyl halides is 2. The summed E-state index contributed by atoms with van der Waals surface area (Å²) in [6, 6.07) is 4.66. The Labute approximate surface area is 130 Å². The molecule has 0 atom stereocenters. The van der Waals surface area contributed by atoms with E-state index in [-0.39, 0.29) is 5.91 Å². The Hall–Kier alpha value is -1.76. The number of piperidine rings is 1. The van der Waals surface area contributed by atoms with E-state index in [4.69, 9.17) is 0 Å². The minimum Gasteiger partial charge on any atom is -0.354 e. The van der Waals surface area contributed by atoms with Crippen molar-refractivity contribution in [2.24, 2.45) is 0 Å². The third-order valence-electron chi connectivity index (χ3n) is 3.66. The summed E-state index contributed by atoms with van der Waals surface area (Å²) in [4.78, 5) is 15.5. The summed E-state index contributed by atoms with van der Waals surface area (Å²) in [5, 5.41) is 3.67. The second-order valence-corrected chi connectivity index (χ2v) is 6.57. The Balaban J connectivity index is 1.78. The van der Waals surface area contributed by atoms with Gasteiger partial charge in [0, 0.05) is 26.1 Å². The molecule has 0 spiro atoms. The maximum absolute atomic E-state index is 13.2. The van der Waals surface area contributed by atoms with E-state index in [1.807, 2.05) is 4.90 Å². The average Bonchev–Trinajstić information content (AvgIpc) is 3.15. The minimum absolute atomic E-state index is 0.000453. The van der Waals surface area contributed by atoms with Crippen LogP contribution in [0.4, 0.5) is 8.78 Å². The minimum atomic E-state index is -3.06. The number of likely N-dealkylation sites (tertiary alicyclic amines) is 1. The highest BCUT2D eigenvalue weighted by atomic mass is 32.1. The number of nitrogens with zero attached hydrogens (tertiary/aromatic N) is 2. The van der Waals surface area contributed by atoms with Gasteiger partial charge in [0.15, 0.2) is 0 Å². The van der Waals surface area contributed by atoms with Crippen molar-refractivity contribution in [3.8, 4) is 10.6 Å². The van der Waals surface area contributed by atoms with Gasteiger partial charge in [-0.05, 0) is 31.4 Å². The SMILES string of the molecule is CC(F)(F)c1cc(-c2ccc(C(=O)N3CCCCC3)s2)no1. The van der Waals surface area contributed by atoms with Crippen molar-refractivity contribution in [2.45, 2.75) is 32.1 Å². The summed E-state index contributed by atoms with van der Waals surface area (Å²) in [5.41, 5.74) is 0.333. The molecule has 3 heterocycles. The van der Waals surface area contributed by atoms with Gasteiger partial charge >= 0.3 is 5.92 Å². The third kappa shape index (κ3) is 3.04. The lowest BCUT2D eigenvalue weighted by Crippen LogP contribution is -2.35. The Morgan fingerprint density at radius 1 is 1.32 bits per heavy atom. The number of amides is 1. The summed E-state index contributed by atoms with van der Waals surface area (Å²) in [6.45, 7) is 2.32. The van der Waals surface area contributed by atoms with Crippen molar-refractivity contribution in [2.75, 3.05) is 13.1 Å². The van der Waals surface area contributed by atoms with Gasteiger partial charge in [0.2, 0.25) is 5.76 Å². The lowest BCUT2D eigenvalue weighted by atomic mass is 10.1. The molecule has 22 heavy (non-hydrogen) atoms. The van der Waals surface area contributed by atoms with Gasteiger partial charge in [-0.3, -0.25) is 4.79 Å². The first-order valence-corrected chi connectivity index (χ1v) is 8.01. The van der Waals surface area contributed by atoms with Crippen LogP contribution >= 0.6 is 11.3 Å². The molecule has 1 aliphatic heterocycles. The summed E-state index contributed by atoms with van der Waals surface area (Å²) in [5.74, 6) is -3.53. The standard InChI is InChI=1S/C15H16F2N2O2S/c1-15(16,17)13-9-10(18-21-13)11-5-6-12(22-11)14(20)19-7-3-2-4-8-19/h5-6,9H,2-4,7-8H2,1H3. The summed E-state index contributed by atoms with van der Waals surface area (Å²) in [6.07, 6.45) is 3.22. The number of aromatic nitrogens is 1. The van der Waals surface area contributed by atoms with Gasteiger partial charge in [0.25, 0.3) is 5.91 Å². The number of carbonyl (C=O) groups excluding carboxylic acids is 1. The topological polar surface area (TPSA) is 46.3 Å². The molecule has 118 valence electrons. The van der Waals surface area contributed by atoms with Gasteiger partial charge in [-0.15, -0.1) is 11.3 Å². The highest BCUT2D eigenvalue weighted by Gasteiger charge is 2.30. The maximum atomic E-state index is 13.2. The third-order valence-corrected chi connectivity index (χ3v) is 4.75. The normalized spacial score (nSPS) is 16.0. The molecular weight excluding hydrogens is 310 g/mol. The summed E-state index contributed by atoms with van der Waals surface area (Å²) < 4.78 is 31.0. The smallest absolute Gasteiger partial charge is 0.304 e. The van der Waals surface area contributed by atoms with Crippen LogP contribution in [0.5, 0.6) is 0 Å². The van der Waals surface area contributed by atoms with E-state index in [1.54, 1.807) is 12.1 Å². The van der Waals surface area contributed by atoms with Crippen molar-refractivity contribution in [1.82, 2.24) is 10.1 Å². The van der Waals surface area contributed by atoms with Crippen molar-refractivity contribution in [3.05, 3.63) is 28.8 Å². The van der Waals surface area contributed by atoms with Gasteiger partial charge in [0.05, 0.1) is 9.75 Å². The van der Waals surface area contributed by atoms with Crippen LogP contribution in [0.2, 0.25) is 0 Å². The van der Waals surface area contributed by atoms with Crippen LogP contribution in [-0.2, 0) is 5.92 Å². The molecule has 0 aliphatic carbocycles. The Bertz CT molecular complexity index is 669. The fourth-order valence-electron chi connectivity index (χ4n) is 2.44. The first kappa shape index (κ1) is 15.1. The molecule has 1 fully saturated rings. The van der Waals surface area contributed by atoms with Crippen LogP contribution in [0.15, 0.2) is 22.7 Å². The largest absolute Gasteiger partial charge is 0.354 e. The number of thiophene rings is 1. The van der Waals surface area contributed by atoms with Crippen molar-refractivity contribution in [3.63, 3.8) is 0 Å². The maximum Gasteiger partial charge on any atom is 0.304 e. The zero-order chi connectivity index (χ0) is 15.7. The molecule has 3 rings (SSSR count). The lowest BCUT2D eigenvalue weighted by molar-refractivity contribution is -0.0105. The second-order valence-electron chi connectivity index (χ2n) is 5.48. The van der Waals surface area contributed by atoms with Crippen LogP contribution in [0.3, 0.4) is 0 Å². The van der Waals surface area contributed by atoms with E-state index in [2.05, 4.69) is 9.68 Å². The predicted octanol–water partition coefficient (Wildman–Crippen LogP) is 4.14. The molecule has 7 heteroatoms. The second kappa shape index (κ2) is 5.79. The van der Waals surface area contributed by atoms with Crippen LogP contribution in [0.25, 0.3) is 10.6 Å². The molecule has 0 radical (unpaired) electrons. The molecule has 0 N–H and O–H groups in total. The molecule has 0 saturated carbocycles. The Morgan fingerprint density at radius 2 is 2.05 bits per heavy atom. The van der Waals surface area contributed by atoms with Crippen molar-refractivity contribution in [1.29, 1.82) is 0 Å². The molecule has 0 aromatic carbocycles. The molecule has 2 aromatic rings. The Morgan fingerprint density at radius 3 is 2.68 bits per heavy atom. The van der Waals surface area contributed by atoms with Crippen LogP contribution < -0.4 is 0 Å². The summed E-state index contributed by atoms with van der Waals surface area (Å²) >= 11 is 1.25. The summed E-state index contributed by atoms with van der Waals surface area (Å²) in [7, 11) is 0. The molecule has 1 saturated heterocycles. The van der Waals surface area contributed by atoms with Gasteiger partial charge in [-0.2, -0.15) is 8.78 Å².